The highest BCUT2D eigenvalue weighted by molar-refractivity contribution is 7.80. The molecular formula is C30H20N2O5S. The van der Waals surface area contributed by atoms with E-state index >= 15 is 0 Å². The minimum absolute atomic E-state index is 0.0218. The Hall–Kier alpha value is -5.08. The molecule has 1 aliphatic heterocycles. The predicted octanol–water partition coefficient (Wildman–Crippen LogP) is 5.68. The molecule has 7 nitrogen and oxygen atoms in total. The number of carboxylic acids is 1. The smallest absolute Gasteiger partial charge is 0.335 e. The highest BCUT2D eigenvalue weighted by Gasteiger charge is 2.34. The summed E-state index contributed by atoms with van der Waals surface area (Å²) in [5.41, 5.74) is 2.65. The number of nitrogens with zero attached hydrogens (tertiary/aromatic N) is 1. The van der Waals surface area contributed by atoms with E-state index in [2.05, 4.69) is 5.32 Å². The van der Waals surface area contributed by atoms with E-state index in [-0.39, 0.29) is 16.2 Å². The topological polar surface area (TPSA) is 95.9 Å². The molecule has 186 valence electrons. The summed E-state index contributed by atoms with van der Waals surface area (Å²) in [4.78, 5) is 38.8. The van der Waals surface area contributed by atoms with Gasteiger partial charge in [-0.25, -0.2) is 4.79 Å². The van der Waals surface area contributed by atoms with Crippen LogP contribution in [0.4, 0.5) is 5.69 Å². The maximum Gasteiger partial charge on any atom is 0.335 e. The van der Waals surface area contributed by atoms with Crippen LogP contribution in [0, 0.1) is 0 Å². The molecule has 0 saturated carbocycles. The van der Waals surface area contributed by atoms with E-state index < -0.39 is 17.8 Å². The molecule has 1 aliphatic rings. The lowest BCUT2D eigenvalue weighted by atomic mass is 9.96. The lowest BCUT2D eigenvalue weighted by Crippen LogP contribution is -2.54. The molecule has 1 saturated heterocycles. The fraction of sp³-hybridized carbons (Fsp3) is 0. The minimum atomic E-state index is -1.02. The zero-order chi connectivity index (χ0) is 26.6. The van der Waals surface area contributed by atoms with Gasteiger partial charge in [0.2, 0.25) is 0 Å². The first-order valence-electron chi connectivity index (χ1n) is 11.6. The number of anilines is 1. The molecule has 1 heterocycles. The molecule has 0 aromatic heterocycles. The van der Waals surface area contributed by atoms with Crippen LogP contribution in [0.25, 0.3) is 17.2 Å². The van der Waals surface area contributed by atoms with Gasteiger partial charge in [-0.2, -0.15) is 0 Å². The maximum absolute atomic E-state index is 13.5. The molecule has 0 atom stereocenters. The second-order valence-electron chi connectivity index (χ2n) is 8.34. The Morgan fingerprint density at radius 2 is 1.45 bits per heavy atom. The zero-order valence-electron chi connectivity index (χ0n) is 19.8. The van der Waals surface area contributed by atoms with Crippen molar-refractivity contribution in [3.8, 4) is 22.6 Å². The number of hydrogen-bond donors (Lipinski definition) is 2. The van der Waals surface area contributed by atoms with Gasteiger partial charge in [-0.3, -0.25) is 19.8 Å². The van der Waals surface area contributed by atoms with Crippen molar-refractivity contribution in [1.29, 1.82) is 0 Å². The molecular weight excluding hydrogens is 500 g/mol. The van der Waals surface area contributed by atoms with Crippen LogP contribution in [-0.4, -0.2) is 28.0 Å². The van der Waals surface area contributed by atoms with Gasteiger partial charge in [-0.15, -0.1) is 0 Å². The van der Waals surface area contributed by atoms with E-state index in [0.29, 0.717) is 22.7 Å². The number of ether oxygens (including phenoxy) is 1. The average molecular weight is 521 g/mol. The summed E-state index contributed by atoms with van der Waals surface area (Å²) >= 11 is 5.32. The van der Waals surface area contributed by atoms with Crippen molar-refractivity contribution in [1.82, 2.24) is 5.32 Å². The van der Waals surface area contributed by atoms with Gasteiger partial charge in [-0.1, -0.05) is 54.6 Å². The lowest BCUT2D eigenvalue weighted by Gasteiger charge is -2.29. The quantitative estimate of drug-likeness (QED) is 0.193. The van der Waals surface area contributed by atoms with E-state index in [1.165, 1.54) is 23.1 Å². The molecule has 8 heteroatoms. The zero-order valence-corrected chi connectivity index (χ0v) is 20.6. The Balaban J connectivity index is 1.45. The molecule has 2 amide bonds. The Morgan fingerprint density at radius 1 is 0.816 bits per heavy atom. The summed E-state index contributed by atoms with van der Waals surface area (Å²) in [5, 5.41) is 11.8. The van der Waals surface area contributed by atoms with Gasteiger partial charge >= 0.3 is 5.97 Å². The normalized spacial score (nSPS) is 14.4. The first-order valence-corrected chi connectivity index (χ1v) is 12.0. The van der Waals surface area contributed by atoms with E-state index in [1.54, 1.807) is 48.5 Å². The molecule has 4 aromatic carbocycles. The van der Waals surface area contributed by atoms with Crippen LogP contribution in [0.1, 0.15) is 15.9 Å². The van der Waals surface area contributed by atoms with Crippen LogP contribution in [0.3, 0.4) is 0 Å². The molecule has 0 radical (unpaired) electrons. The SMILES string of the molecule is O=C1NC(=S)N(c2ccc(Oc3ccccc3)cc2)C(=O)/C1=C/c1ccccc1-c1ccc(C(=O)O)cc1. The molecule has 0 unspecified atom stereocenters. The summed E-state index contributed by atoms with van der Waals surface area (Å²) in [6.07, 6.45) is 1.51. The van der Waals surface area contributed by atoms with E-state index in [0.717, 1.165) is 11.1 Å². The van der Waals surface area contributed by atoms with Crippen LogP contribution < -0.4 is 15.0 Å². The van der Waals surface area contributed by atoms with E-state index in [1.807, 2.05) is 42.5 Å². The lowest BCUT2D eigenvalue weighted by molar-refractivity contribution is -0.122. The van der Waals surface area contributed by atoms with Crippen molar-refractivity contribution in [2.24, 2.45) is 0 Å². The molecule has 5 rings (SSSR count). The van der Waals surface area contributed by atoms with Crippen LogP contribution in [0.5, 0.6) is 11.5 Å². The molecule has 4 aromatic rings. The highest BCUT2D eigenvalue weighted by atomic mass is 32.1. The van der Waals surface area contributed by atoms with E-state index in [4.69, 9.17) is 17.0 Å². The molecule has 0 bridgehead atoms. The van der Waals surface area contributed by atoms with E-state index in [9.17, 15) is 19.5 Å². The summed E-state index contributed by atoms with van der Waals surface area (Å²) in [6, 6.07) is 29.7. The van der Waals surface area contributed by atoms with Crippen molar-refractivity contribution >= 4 is 46.9 Å². The molecule has 0 aliphatic carbocycles. The van der Waals surface area contributed by atoms with Crippen LogP contribution in [0.15, 0.2) is 109 Å². The number of hydrogen-bond acceptors (Lipinski definition) is 5. The average Bonchev–Trinajstić information content (AvgIpc) is 2.93. The van der Waals surface area contributed by atoms with Gasteiger partial charge in [0.15, 0.2) is 5.11 Å². The van der Waals surface area contributed by atoms with Crippen molar-refractivity contribution in [2.75, 3.05) is 4.90 Å². The van der Waals surface area contributed by atoms with Crippen LogP contribution >= 0.6 is 12.2 Å². The Labute approximate surface area is 223 Å². The Bertz CT molecular complexity index is 1580. The largest absolute Gasteiger partial charge is 0.478 e. The Kier molecular flexibility index (Phi) is 6.80. The minimum Gasteiger partial charge on any atom is -0.478 e. The van der Waals surface area contributed by atoms with Crippen LogP contribution in [-0.2, 0) is 9.59 Å². The van der Waals surface area contributed by atoms with Crippen LogP contribution in [0.2, 0.25) is 0 Å². The number of aromatic carboxylic acids is 1. The van der Waals surface area contributed by atoms with Gasteiger partial charge in [0.1, 0.15) is 17.1 Å². The molecule has 2 N–H and O–H groups in total. The second-order valence-corrected chi connectivity index (χ2v) is 8.72. The highest BCUT2D eigenvalue weighted by Crippen LogP contribution is 2.29. The number of rotatable bonds is 6. The molecule has 0 spiro atoms. The number of para-hydroxylation sites is 1. The Morgan fingerprint density at radius 3 is 2.13 bits per heavy atom. The van der Waals surface area contributed by atoms with Gasteiger partial charge in [0, 0.05) is 0 Å². The van der Waals surface area contributed by atoms with Crippen molar-refractivity contribution in [2.45, 2.75) is 0 Å². The molecule has 1 fully saturated rings. The van der Waals surface area contributed by atoms with Gasteiger partial charge in [-0.05, 0) is 83.5 Å². The first-order chi connectivity index (χ1) is 18.4. The number of carbonyl (C=O) groups is 3. The number of thiocarbonyl (C=S) groups is 1. The monoisotopic (exact) mass is 520 g/mol. The summed E-state index contributed by atoms with van der Waals surface area (Å²) in [6.45, 7) is 0. The predicted molar refractivity (Wildman–Crippen MR) is 148 cm³/mol. The third-order valence-corrected chi connectivity index (χ3v) is 6.16. The van der Waals surface area contributed by atoms with Crippen molar-refractivity contribution in [3.63, 3.8) is 0 Å². The maximum atomic E-state index is 13.5. The fourth-order valence-corrected chi connectivity index (χ4v) is 4.29. The summed E-state index contributed by atoms with van der Waals surface area (Å²) in [5.74, 6) is -0.925. The molecule has 38 heavy (non-hydrogen) atoms. The van der Waals surface area contributed by atoms with Gasteiger partial charge in [0.25, 0.3) is 11.8 Å². The standard InChI is InChI=1S/C30H20N2O5S/c33-27-26(18-21-6-4-5-9-25(21)19-10-12-20(13-11-19)29(35)36)28(34)32(30(38)31-27)22-14-16-24(17-15-22)37-23-7-2-1-3-8-23/h1-18H,(H,35,36)(H,31,33,38)/b26-18+. The van der Waals surface area contributed by atoms with Crippen molar-refractivity contribution in [3.05, 3.63) is 120 Å². The number of benzene rings is 4. The first kappa shape index (κ1) is 24.6. The second kappa shape index (κ2) is 10.5. The van der Waals surface area contributed by atoms with Crippen molar-refractivity contribution < 1.29 is 24.2 Å². The van der Waals surface area contributed by atoms with Gasteiger partial charge in [0.05, 0.1) is 11.3 Å². The summed E-state index contributed by atoms with van der Waals surface area (Å²) < 4.78 is 5.82. The number of amides is 2. The third-order valence-electron chi connectivity index (χ3n) is 5.88. The fourth-order valence-electron chi connectivity index (χ4n) is 4.01. The number of nitrogens with one attached hydrogen (secondary N) is 1. The third kappa shape index (κ3) is 5.07. The summed E-state index contributed by atoms with van der Waals surface area (Å²) in [7, 11) is 0. The number of carbonyl (C=O) groups excluding carboxylic acids is 2. The number of carboxylic acid groups (broad SMARTS) is 1. The van der Waals surface area contributed by atoms with Gasteiger partial charge < -0.3 is 9.84 Å².